The first-order valence-corrected chi connectivity index (χ1v) is 6.60. The summed E-state index contributed by atoms with van der Waals surface area (Å²) in [6.45, 7) is 6.71. The molecule has 1 saturated heterocycles. The maximum absolute atomic E-state index is 2.45. The van der Waals surface area contributed by atoms with Gasteiger partial charge >= 0.3 is 0 Å². The summed E-state index contributed by atoms with van der Waals surface area (Å²) in [5.41, 5.74) is 0. The van der Waals surface area contributed by atoms with Crippen LogP contribution in [0.2, 0.25) is 6.04 Å². The van der Waals surface area contributed by atoms with E-state index in [1.807, 2.05) is 0 Å². The van der Waals surface area contributed by atoms with Gasteiger partial charge in [0.2, 0.25) is 0 Å². The summed E-state index contributed by atoms with van der Waals surface area (Å²) in [5, 5.41) is 0. The standard InChI is InChI=1S/C9H23N2Si/c1-10-4-7-11(2,8-5-10)6-3-9-12/h3-9H2,1-2,12H3/q+1. The lowest BCUT2D eigenvalue weighted by atomic mass is 10.2. The lowest BCUT2D eigenvalue weighted by Gasteiger charge is -2.41. The Bertz CT molecular complexity index is 125. The summed E-state index contributed by atoms with van der Waals surface area (Å²) < 4.78 is 1.33. The van der Waals surface area contributed by atoms with Crippen LogP contribution in [-0.4, -0.2) is 66.4 Å². The fourth-order valence-electron chi connectivity index (χ4n) is 1.81. The number of nitrogens with zero attached hydrogens (tertiary/aromatic N) is 2. The first kappa shape index (κ1) is 10.2. The van der Waals surface area contributed by atoms with Crippen LogP contribution in [-0.2, 0) is 0 Å². The molecule has 0 aliphatic carbocycles. The van der Waals surface area contributed by atoms with E-state index >= 15 is 0 Å². The largest absolute Gasteiger partial charge is 0.324 e. The summed E-state index contributed by atoms with van der Waals surface area (Å²) in [6, 6.07) is 1.48. The highest BCUT2D eigenvalue weighted by molar-refractivity contribution is 6.08. The minimum absolute atomic E-state index is 1.29. The van der Waals surface area contributed by atoms with Gasteiger partial charge in [-0.2, -0.15) is 0 Å². The second kappa shape index (κ2) is 4.39. The van der Waals surface area contributed by atoms with Crippen molar-refractivity contribution in [2.24, 2.45) is 0 Å². The van der Waals surface area contributed by atoms with E-state index in [0.29, 0.717) is 0 Å². The van der Waals surface area contributed by atoms with Crippen LogP contribution in [0, 0.1) is 0 Å². The number of rotatable bonds is 3. The smallest absolute Gasteiger partial charge is 0.0914 e. The number of piperazine rings is 1. The summed E-state index contributed by atoms with van der Waals surface area (Å²) in [6.07, 6.45) is 1.45. The first-order valence-electron chi connectivity index (χ1n) is 5.18. The molecule has 72 valence electrons. The fraction of sp³-hybridized carbons (Fsp3) is 1.00. The van der Waals surface area contributed by atoms with E-state index in [2.05, 4.69) is 19.0 Å². The number of hydrogen-bond donors (Lipinski definition) is 0. The molecule has 1 fully saturated rings. The van der Waals surface area contributed by atoms with Crippen LogP contribution < -0.4 is 0 Å². The van der Waals surface area contributed by atoms with Gasteiger partial charge in [-0.3, -0.25) is 4.90 Å². The molecule has 0 radical (unpaired) electrons. The van der Waals surface area contributed by atoms with Crippen LogP contribution in [0.1, 0.15) is 6.42 Å². The first-order chi connectivity index (χ1) is 5.66. The van der Waals surface area contributed by atoms with Crippen molar-refractivity contribution in [3.63, 3.8) is 0 Å². The fourth-order valence-corrected chi connectivity index (χ4v) is 2.13. The maximum Gasteiger partial charge on any atom is 0.0914 e. The molecular weight excluding hydrogens is 164 g/mol. The van der Waals surface area contributed by atoms with Gasteiger partial charge in [0.25, 0.3) is 0 Å². The molecule has 0 unspecified atom stereocenters. The van der Waals surface area contributed by atoms with E-state index in [0.717, 1.165) is 0 Å². The topological polar surface area (TPSA) is 3.24 Å². The minimum atomic E-state index is 1.29. The van der Waals surface area contributed by atoms with E-state index in [4.69, 9.17) is 0 Å². The summed E-state index contributed by atoms with van der Waals surface area (Å²) in [4.78, 5) is 2.45. The summed E-state index contributed by atoms with van der Waals surface area (Å²) in [5.74, 6) is 0. The summed E-state index contributed by atoms with van der Waals surface area (Å²) >= 11 is 0. The van der Waals surface area contributed by atoms with Gasteiger partial charge in [-0.05, 0) is 13.5 Å². The molecule has 0 bridgehead atoms. The van der Waals surface area contributed by atoms with Crippen molar-refractivity contribution in [1.29, 1.82) is 0 Å². The monoisotopic (exact) mass is 187 g/mol. The van der Waals surface area contributed by atoms with Crippen molar-refractivity contribution < 1.29 is 4.48 Å². The molecule has 1 rings (SSSR count). The van der Waals surface area contributed by atoms with Gasteiger partial charge in [0.1, 0.15) is 0 Å². The third-order valence-electron chi connectivity index (χ3n) is 3.09. The van der Waals surface area contributed by atoms with Crippen molar-refractivity contribution in [3.05, 3.63) is 0 Å². The van der Waals surface area contributed by atoms with Crippen LogP contribution in [0.25, 0.3) is 0 Å². The molecule has 0 aromatic heterocycles. The van der Waals surface area contributed by atoms with Crippen LogP contribution in [0.5, 0.6) is 0 Å². The molecule has 0 amide bonds. The Morgan fingerprint density at radius 3 is 2.42 bits per heavy atom. The molecule has 0 aromatic rings. The maximum atomic E-state index is 2.45. The van der Waals surface area contributed by atoms with Gasteiger partial charge in [0, 0.05) is 23.3 Å². The highest BCUT2D eigenvalue weighted by Crippen LogP contribution is 2.10. The third kappa shape index (κ3) is 2.88. The average Bonchev–Trinajstić information content (AvgIpc) is 2.08. The molecular formula is C9H23N2Si+. The van der Waals surface area contributed by atoms with Gasteiger partial charge in [-0.15, -0.1) is 0 Å². The Balaban J connectivity index is 2.29. The average molecular weight is 187 g/mol. The summed E-state index contributed by atoms with van der Waals surface area (Å²) in [7, 11) is 6.04. The number of likely N-dealkylation sites (N-methyl/N-ethyl adjacent to an activating group) is 2. The minimum Gasteiger partial charge on any atom is -0.324 e. The van der Waals surface area contributed by atoms with Crippen molar-refractivity contribution in [3.8, 4) is 0 Å². The van der Waals surface area contributed by atoms with E-state index in [-0.39, 0.29) is 0 Å². The molecule has 1 heterocycles. The molecule has 2 nitrogen and oxygen atoms in total. The predicted octanol–water partition coefficient (Wildman–Crippen LogP) is -0.448. The molecule has 0 saturated carbocycles. The second-order valence-corrected chi connectivity index (χ2v) is 5.45. The van der Waals surface area contributed by atoms with Gasteiger partial charge in [-0.25, -0.2) is 0 Å². The van der Waals surface area contributed by atoms with Crippen LogP contribution in [0.4, 0.5) is 0 Å². The Labute approximate surface area is 79.6 Å². The normalized spacial score (nSPS) is 24.5. The van der Waals surface area contributed by atoms with E-state index in [9.17, 15) is 0 Å². The van der Waals surface area contributed by atoms with E-state index in [1.54, 1.807) is 0 Å². The molecule has 0 N–H and O–H groups in total. The van der Waals surface area contributed by atoms with Gasteiger partial charge < -0.3 is 4.48 Å². The molecule has 1 aliphatic rings. The van der Waals surface area contributed by atoms with Crippen LogP contribution >= 0.6 is 0 Å². The van der Waals surface area contributed by atoms with Crippen LogP contribution in [0.15, 0.2) is 0 Å². The van der Waals surface area contributed by atoms with Gasteiger partial charge in [0.05, 0.1) is 26.7 Å². The highest BCUT2D eigenvalue weighted by Gasteiger charge is 2.25. The van der Waals surface area contributed by atoms with Crippen molar-refractivity contribution >= 4 is 10.2 Å². The molecule has 12 heavy (non-hydrogen) atoms. The van der Waals surface area contributed by atoms with E-state index in [1.165, 1.54) is 59.9 Å². The zero-order valence-corrected chi connectivity index (χ0v) is 10.8. The molecule has 0 aromatic carbocycles. The lowest BCUT2D eigenvalue weighted by Crippen LogP contribution is -2.56. The number of hydrogen-bond acceptors (Lipinski definition) is 1. The number of quaternary nitrogens is 1. The van der Waals surface area contributed by atoms with Crippen molar-refractivity contribution in [2.75, 3.05) is 46.8 Å². The zero-order valence-electron chi connectivity index (χ0n) is 8.84. The SMILES string of the molecule is CN1CC[N+](C)(CCC[SiH3])CC1. The lowest BCUT2D eigenvalue weighted by molar-refractivity contribution is -0.913. The van der Waals surface area contributed by atoms with Crippen molar-refractivity contribution in [1.82, 2.24) is 4.90 Å². The zero-order chi connectivity index (χ0) is 9.03. The van der Waals surface area contributed by atoms with Gasteiger partial charge in [0.15, 0.2) is 0 Å². The second-order valence-electron chi connectivity index (χ2n) is 4.45. The Hall–Kier alpha value is 0.137. The highest BCUT2D eigenvalue weighted by atomic mass is 28.1. The Morgan fingerprint density at radius 2 is 1.92 bits per heavy atom. The molecule has 0 atom stereocenters. The van der Waals surface area contributed by atoms with Crippen LogP contribution in [0.3, 0.4) is 0 Å². The third-order valence-corrected chi connectivity index (χ3v) is 3.80. The Morgan fingerprint density at radius 1 is 1.33 bits per heavy atom. The molecule has 1 aliphatic heterocycles. The quantitative estimate of drug-likeness (QED) is 0.427. The van der Waals surface area contributed by atoms with Crippen molar-refractivity contribution in [2.45, 2.75) is 12.5 Å². The molecule has 0 spiro atoms. The Kier molecular flexibility index (Phi) is 3.74. The van der Waals surface area contributed by atoms with E-state index < -0.39 is 0 Å². The predicted molar refractivity (Wildman–Crippen MR) is 57.6 cm³/mol. The molecule has 3 heteroatoms. The van der Waals surface area contributed by atoms with Gasteiger partial charge in [-0.1, -0.05) is 6.04 Å².